The van der Waals surface area contributed by atoms with Crippen molar-refractivity contribution in [2.24, 2.45) is 0 Å². The van der Waals surface area contributed by atoms with Gasteiger partial charge in [-0.25, -0.2) is 4.21 Å². The number of benzene rings is 4. The van der Waals surface area contributed by atoms with E-state index in [2.05, 4.69) is 11.4 Å². The number of nitrogens with zero attached hydrogens (tertiary/aromatic N) is 1. The minimum atomic E-state index is -1.56. The van der Waals surface area contributed by atoms with Gasteiger partial charge in [-0.1, -0.05) is 66.2 Å². The number of amides is 2. The molecule has 6 heteroatoms. The summed E-state index contributed by atoms with van der Waals surface area (Å²) in [7, 11) is -1.56. The summed E-state index contributed by atoms with van der Waals surface area (Å²) in [5.41, 5.74) is 5.64. The lowest BCUT2D eigenvalue weighted by Crippen LogP contribution is -2.31. The first kappa shape index (κ1) is 24.7. The summed E-state index contributed by atoms with van der Waals surface area (Å²) in [5.74, 6) is -0.462. The van der Waals surface area contributed by atoms with Crippen LogP contribution in [0.1, 0.15) is 43.0 Å². The van der Waals surface area contributed by atoms with Crippen LogP contribution in [-0.2, 0) is 23.8 Å². The van der Waals surface area contributed by atoms with Crippen LogP contribution in [0.15, 0.2) is 101 Å². The topological polar surface area (TPSA) is 66.5 Å². The Morgan fingerprint density at radius 2 is 1.62 bits per heavy atom. The van der Waals surface area contributed by atoms with E-state index >= 15 is 0 Å². The van der Waals surface area contributed by atoms with Crippen LogP contribution in [0.3, 0.4) is 0 Å². The van der Waals surface area contributed by atoms with Gasteiger partial charge in [0.15, 0.2) is 0 Å². The van der Waals surface area contributed by atoms with Gasteiger partial charge in [0.2, 0.25) is 0 Å². The van der Waals surface area contributed by atoms with Crippen molar-refractivity contribution in [2.75, 3.05) is 11.4 Å². The van der Waals surface area contributed by atoms with Gasteiger partial charge in [0, 0.05) is 12.1 Å². The van der Waals surface area contributed by atoms with Crippen molar-refractivity contribution in [3.8, 4) is 0 Å². The van der Waals surface area contributed by atoms with Crippen LogP contribution in [0.4, 0.5) is 5.69 Å². The number of anilines is 1. The fraction of sp³-hybridized carbons (Fsp3) is 0.161. The summed E-state index contributed by atoms with van der Waals surface area (Å²) in [6, 6.07) is 28.2. The number of fused-ring (bicyclic) bond motifs is 2. The molecule has 5 rings (SSSR count). The van der Waals surface area contributed by atoms with E-state index in [0.717, 1.165) is 22.3 Å². The lowest BCUT2D eigenvalue weighted by Gasteiger charge is -2.24. The lowest BCUT2D eigenvalue weighted by molar-refractivity contribution is 0.0950. The highest BCUT2D eigenvalue weighted by atomic mass is 32.2. The Morgan fingerprint density at radius 1 is 0.865 bits per heavy atom. The molecular formula is C31H28N2O3S. The first-order chi connectivity index (χ1) is 17.9. The molecule has 0 bridgehead atoms. The zero-order valence-electron chi connectivity index (χ0n) is 20.9. The summed E-state index contributed by atoms with van der Waals surface area (Å²) < 4.78 is 13.6. The summed E-state index contributed by atoms with van der Waals surface area (Å²) >= 11 is 0. The number of carbonyl (C=O) groups is 2. The first-order valence-corrected chi connectivity index (χ1v) is 13.4. The molecule has 1 aliphatic heterocycles. The zero-order chi connectivity index (χ0) is 25.9. The largest absolute Gasteiger partial charge is 0.352 e. The summed E-state index contributed by atoms with van der Waals surface area (Å²) in [4.78, 5) is 29.6. The Bertz CT molecular complexity index is 1510. The minimum Gasteiger partial charge on any atom is -0.352 e. The summed E-state index contributed by atoms with van der Waals surface area (Å²) in [6.07, 6.45) is 0.716. The second-order valence-electron chi connectivity index (χ2n) is 9.26. The van der Waals surface area contributed by atoms with Crippen molar-refractivity contribution in [3.63, 3.8) is 0 Å². The van der Waals surface area contributed by atoms with Gasteiger partial charge in [-0.05, 0) is 67.3 Å². The van der Waals surface area contributed by atoms with E-state index in [1.165, 1.54) is 0 Å². The molecule has 1 heterocycles. The van der Waals surface area contributed by atoms with Crippen molar-refractivity contribution in [1.82, 2.24) is 5.32 Å². The van der Waals surface area contributed by atoms with Crippen LogP contribution in [-0.4, -0.2) is 22.6 Å². The van der Waals surface area contributed by atoms with Crippen LogP contribution >= 0.6 is 0 Å². The second kappa shape index (κ2) is 10.5. The van der Waals surface area contributed by atoms with E-state index in [9.17, 15) is 13.8 Å². The molecule has 0 radical (unpaired) electrons. The molecule has 5 nitrogen and oxygen atoms in total. The fourth-order valence-electron chi connectivity index (χ4n) is 4.57. The summed E-state index contributed by atoms with van der Waals surface area (Å²) in [5, 5.41) is 2.97. The monoisotopic (exact) mass is 508 g/mol. The number of aryl methyl sites for hydroxylation is 2. The predicted molar refractivity (Wildman–Crippen MR) is 146 cm³/mol. The molecule has 0 saturated carbocycles. The SMILES string of the molecule is Cc1ccc(C)c(CN2C(=O)c3ccccc3S(=O)c3ccc(C(=O)NCCc4ccccc4)cc32)c1. The van der Waals surface area contributed by atoms with Crippen LogP contribution < -0.4 is 10.2 Å². The first-order valence-electron chi connectivity index (χ1n) is 12.3. The lowest BCUT2D eigenvalue weighted by atomic mass is 10.0. The Hall–Kier alpha value is -4.03. The van der Waals surface area contributed by atoms with Crippen molar-refractivity contribution in [1.29, 1.82) is 0 Å². The van der Waals surface area contributed by atoms with Crippen LogP contribution in [0.5, 0.6) is 0 Å². The van der Waals surface area contributed by atoms with E-state index in [1.54, 1.807) is 47.4 Å². The minimum absolute atomic E-state index is 0.231. The third kappa shape index (κ3) is 5.11. The zero-order valence-corrected chi connectivity index (χ0v) is 21.7. The quantitative estimate of drug-likeness (QED) is 0.369. The average molecular weight is 509 g/mol. The molecule has 1 atom stereocenters. The van der Waals surface area contributed by atoms with Crippen molar-refractivity contribution >= 4 is 28.3 Å². The smallest absolute Gasteiger partial charge is 0.259 e. The number of hydrogen-bond acceptors (Lipinski definition) is 3. The maximum Gasteiger partial charge on any atom is 0.259 e. The molecule has 0 saturated heterocycles. The molecule has 1 aliphatic rings. The number of hydrogen-bond donors (Lipinski definition) is 1. The highest BCUT2D eigenvalue weighted by Gasteiger charge is 2.31. The highest BCUT2D eigenvalue weighted by Crippen LogP contribution is 2.36. The van der Waals surface area contributed by atoms with E-state index in [0.29, 0.717) is 46.1 Å². The number of nitrogens with one attached hydrogen (secondary N) is 1. The van der Waals surface area contributed by atoms with E-state index in [4.69, 9.17) is 0 Å². The van der Waals surface area contributed by atoms with Gasteiger partial charge in [0.25, 0.3) is 11.8 Å². The van der Waals surface area contributed by atoms with Crippen molar-refractivity contribution in [3.05, 3.63) is 124 Å². The van der Waals surface area contributed by atoms with Gasteiger partial charge in [0.1, 0.15) is 0 Å². The molecule has 0 spiro atoms. The standard InChI is InChI=1S/C31H28N2O3S/c1-21-12-13-22(2)25(18-21)20-33-27-19-24(30(34)32-17-16-23-8-4-3-5-9-23)14-15-29(27)37(36)28-11-7-6-10-26(28)31(33)35/h3-15,18-19H,16-17,20H2,1-2H3,(H,32,34). The fourth-order valence-corrected chi connectivity index (χ4v) is 5.91. The van der Waals surface area contributed by atoms with E-state index in [-0.39, 0.29) is 11.8 Å². The average Bonchev–Trinajstić information content (AvgIpc) is 3.00. The Morgan fingerprint density at radius 3 is 2.43 bits per heavy atom. The van der Waals surface area contributed by atoms with E-state index in [1.807, 2.05) is 56.3 Å². The second-order valence-corrected chi connectivity index (χ2v) is 10.7. The third-order valence-corrected chi connectivity index (χ3v) is 8.15. The number of rotatable bonds is 6. The Kier molecular flexibility index (Phi) is 7.01. The van der Waals surface area contributed by atoms with Crippen molar-refractivity contribution in [2.45, 2.75) is 36.6 Å². The van der Waals surface area contributed by atoms with Crippen LogP contribution in [0.25, 0.3) is 0 Å². The molecular weight excluding hydrogens is 480 g/mol. The predicted octanol–water partition coefficient (Wildman–Crippen LogP) is 5.60. The van der Waals surface area contributed by atoms with Gasteiger partial charge in [-0.3, -0.25) is 9.59 Å². The molecule has 186 valence electrons. The number of carbonyl (C=O) groups excluding carboxylic acids is 2. The molecule has 37 heavy (non-hydrogen) atoms. The normalized spacial score (nSPS) is 14.5. The molecule has 2 amide bonds. The van der Waals surface area contributed by atoms with Gasteiger partial charge < -0.3 is 10.2 Å². The molecule has 4 aromatic carbocycles. The molecule has 4 aromatic rings. The highest BCUT2D eigenvalue weighted by molar-refractivity contribution is 7.85. The Balaban J connectivity index is 1.51. The van der Waals surface area contributed by atoms with Gasteiger partial charge in [-0.2, -0.15) is 0 Å². The maximum atomic E-state index is 13.8. The Labute approximate surface area is 219 Å². The molecule has 1 N–H and O–H groups in total. The van der Waals surface area contributed by atoms with Crippen LogP contribution in [0, 0.1) is 13.8 Å². The summed E-state index contributed by atoms with van der Waals surface area (Å²) in [6.45, 7) is 4.83. The van der Waals surface area contributed by atoms with Crippen LogP contribution in [0.2, 0.25) is 0 Å². The molecule has 0 aromatic heterocycles. The molecule has 1 unspecified atom stereocenters. The molecule has 0 aliphatic carbocycles. The van der Waals surface area contributed by atoms with E-state index < -0.39 is 10.8 Å². The van der Waals surface area contributed by atoms with Gasteiger partial charge in [-0.15, -0.1) is 0 Å². The van der Waals surface area contributed by atoms with Crippen molar-refractivity contribution < 1.29 is 13.8 Å². The van der Waals surface area contributed by atoms with Gasteiger partial charge in [0.05, 0.1) is 38.4 Å². The third-order valence-electron chi connectivity index (χ3n) is 6.65. The van der Waals surface area contributed by atoms with Gasteiger partial charge >= 0.3 is 0 Å². The molecule has 0 fully saturated rings. The maximum absolute atomic E-state index is 13.8.